The van der Waals surface area contributed by atoms with E-state index >= 15 is 0 Å². The number of hydrogen-bond donors (Lipinski definition) is 1. The smallest absolute Gasteiger partial charge is 0.134 e. The van der Waals surface area contributed by atoms with Crippen LogP contribution in [0.5, 0.6) is 11.5 Å². The molecular formula is C26H35NOS2. The Labute approximate surface area is 192 Å². The zero-order valence-corrected chi connectivity index (χ0v) is 19.8. The van der Waals surface area contributed by atoms with Crippen LogP contribution in [0.2, 0.25) is 0 Å². The summed E-state index contributed by atoms with van der Waals surface area (Å²) in [5.74, 6) is 2.92. The highest BCUT2D eigenvalue weighted by Crippen LogP contribution is 2.42. The van der Waals surface area contributed by atoms with Crippen molar-refractivity contribution in [1.29, 1.82) is 0 Å². The van der Waals surface area contributed by atoms with Gasteiger partial charge in [0.25, 0.3) is 0 Å². The van der Waals surface area contributed by atoms with Gasteiger partial charge in [0.2, 0.25) is 0 Å². The zero-order chi connectivity index (χ0) is 21.0. The molecule has 2 nitrogen and oxygen atoms in total. The molecule has 2 aromatic rings. The molecule has 2 aromatic carbocycles. The predicted molar refractivity (Wildman–Crippen MR) is 135 cm³/mol. The maximum Gasteiger partial charge on any atom is 0.134 e. The number of hydrogen-bond acceptors (Lipinski definition) is 3. The number of thioether (sulfide) groups is 1. The van der Waals surface area contributed by atoms with Gasteiger partial charge in [0, 0.05) is 16.9 Å². The van der Waals surface area contributed by atoms with E-state index in [9.17, 15) is 0 Å². The van der Waals surface area contributed by atoms with Gasteiger partial charge < -0.3 is 10.1 Å². The van der Waals surface area contributed by atoms with Crippen LogP contribution < -0.4 is 10.1 Å². The number of unbranched alkanes of at least 4 members (excludes halogenated alkanes) is 9. The molecule has 0 fully saturated rings. The van der Waals surface area contributed by atoms with Crippen LogP contribution in [0.15, 0.2) is 48.5 Å². The lowest BCUT2D eigenvalue weighted by Gasteiger charge is -2.29. The summed E-state index contributed by atoms with van der Waals surface area (Å²) in [7, 11) is 0. The molecule has 1 N–H and O–H groups in total. The van der Waals surface area contributed by atoms with Crippen molar-refractivity contribution in [3.8, 4) is 11.5 Å². The molecule has 0 spiro atoms. The maximum absolute atomic E-state index is 6.07. The average molecular weight is 442 g/mol. The van der Waals surface area contributed by atoms with E-state index in [4.69, 9.17) is 17.0 Å². The molecule has 0 atom stereocenters. The fraction of sp³-hybridized carbons (Fsp3) is 0.500. The molecule has 162 valence electrons. The Morgan fingerprint density at radius 3 is 1.87 bits per heavy atom. The van der Waals surface area contributed by atoms with Gasteiger partial charge in [-0.25, -0.2) is 0 Å². The molecule has 4 heteroatoms. The van der Waals surface area contributed by atoms with Crippen LogP contribution in [0.3, 0.4) is 0 Å². The highest BCUT2D eigenvalue weighted by molar-refractivity contribution is 8.22. The molecule has 0 radical (unpaired) electrons. The van der Waals surface area contributed by atoms with Crippen molar-refractivity contribution in [2.75, 3.05) is 5.75 Å². The minimum atomic E-state index is 0.0545. The molecule has 0 bridgehead atoms. The van der Waals surface area contributed by atoms with Crippen molar-refractivity contribution >= 4 is 28.3 Å². The third-order valence-corrected chi connectivity index (χ3v) is 7.02. The molecule has 0 amide bonds. The first kappa shape index (κ1) is 23.1. The Morgan fingerprint density at radius 1 is 0.800 bits per heavy atom. The van der Waals surface area contributed by atoms with Gasteiger partial charge in [-0.1, -0.05) is 125 Å². The number of fused-ring (bicyclic) bond motifs is 2. The van der Waals surface area contributed by atoms with Gasteiger partial charge in [-0.15, -0.1) is 0 Å². The van der Waals surface area contributed by atoms with Crippen LogP contribution in [-0.2, 0) is 0 Å². The normalized spacial score (nSPS) is 12.7. The van der Waals surface area contributed by atoms with Gasteiger partial charge in [0.1, 0.15) is 15.8 Å². The van der Waals surface area contributed by atoms with Gasteiger partial charge in [-0.3, -0.25) is 0 Å². The summed E-state index contributed by atoms with van der Waals surface area (Å²) in [5, 5.41) is 3.58. The van der Waals surface area contributed by atoms with E-state index in [0.717, 1.165) is 32.7 Å². The van der Waals surface area contributed by atoms with Crippen molar-refractivity contribution < 1.29 is 4.74 Å². The second-order valence-corrected chi connectivity index (χ2v) is 9.84. The van der Waals surface area contributed by atoms with E-state index in [-0.39, 0.29) is 6.04 Å². The number of para-hydroxylation sites is 2. The van der Waals surface area contributed by atoms with Crippen LogP contribution in [0.25, 0.3) is 0 Å². The molecule has 1 aliphatic rings. The zero-order valence-electron chi connectivity index (χ0n) is 18.2. The van der Waals surface area contributed by atoms with E-state index in [1.165, 1.54) is 64.2 Å². The first-order valence-corrected chi connectivity index (χ1v) is 13.0. The largest absolute Gasteiger partial charge is 0.457 e. The number of ether oxygens (including phenoxy) is 1. The molecule has 0 saturated heterocycles. The fourth-order valence-corrected chi connectivity index (χ4v) is 5.08. The van der Waals surface area contributed by atoms with E-state index in [1.54, 1.807) is 11.8 Å². The molecule has 1 aliphatic heterocycles. The summed E-state index contributed by atoms with van der Waals surface area (Å²) in [4.78, 5) is 0. The quantitative estimate of drug-likeness (QED) is 0.263. The SMILES string of the molecule is CCCCCCCCCCCCSC(=S)NC1c2ccccc2Oc2ccccc21. The second kappa shape index (κ2) is 13.0. The van der Waals surface area contributed by atoms with Crippen LogP contribution in [0.4, 0.5) is 0 Å². The van der Waals surface area contributed by atoms with Gasteiger partial charge in [-0.05, 0) is 18.6 Å². The Morgan fingerprint density at radius 2 is 1.30 bits per heavy atom. The summed E-state index contributed by atoms with van der Waals surface area (Å²) in [6, 6.07) is 16.5. The number of rotatable bonds is 12. The van der Waals surface area contributed by atoms with Crippen LogP contribution >= 0.6 is 24.0 Å². The number of benzene rings is 2. The van der Waals surface area contributed by atoms with Crippen molar-refractivity contribution in [1.82, 2.24) is 5.32 Å². The van der Waals surface area contributed by atoms with E-state index in [0.29, 0.717) is 0 Å². The van der Waals surface area contributed by atoms with E-state index in [1.807, 2.05) is 24.3 Å². The number of thiocarbonyl (C=S) groups is 1. The van der Waals surface area contributed by atoms with Gasteiger partial charge in [-0.2, -0.15) is 0 Å². The molecule has 1 heterocycles. The predicted octanol–water partition coefficient (Wildman–Crippen LogP) is 8.41. The van der Waals surface area contributed by atoms with E-state index < -0.39 is 0 Å². The first-order valence-electron chi connectivity index (χ1n) is 11.6. The first-order chi connectivity index (χ1) is 14.8. The van der Waals surface area contributed by atoms with Crippen LogP contribution in [-0.4, -0.2) is 10.1 Å². The Kier molecular flexibility index (Phi) is 10.0. The van der Waals surface area contributed by atoms with Gasteiger partial charge in [0.05, 0.1) is 6.04 Å². The lowest BCUT2D eigenvalue weighted by molar-refractivity contribution is 0.442. The molecule has 0 aromatic heterocycles. The third kappa shape index (κ3) is 7.02. The summed E-state index contributed by atoms with van der Waals surface area (Å²) < 4.78 is 6.95. The van der Waals surface area contributed by atoms with Crippen LogP contribution in [0, 0.1) is 0 Å². The Bertz CT molecular complexity index is 747. The summed E-state index contributed by atoms with van der Waals surface area (Å²) in [6.07, 6.45) is 13.7. The van der Waals surface area contributed by atoms with E-state index in [2.05, 4.69) is 36.5 Å². The molecule has 3 rings (SSSR count). The lowest BCUT2D eigenvalue weighted by atomic mass is 9.95. The monoisotopic (exact) mass is 441 g/mol. The minimum absolute atomic E-state index is 0.0545. The molecular weight excluding hydrogens is 406 g/mol. The van der Waals surface area contributed by atoms with Gasteiger partial charge >= 0.3 is 0 Å². The fourth-order valence-electron chi connectivity index (χ4n) is 3.98. The van der Waals surface area contributed by atoms with Crippen molar-refractivity contribution in [3.05, 3.63) is 59.7 Å². The Balaban J connectivity index is 1.37. The molecule has 30 heavy (non-hydrogen) atoms. The third-order valence-electron chi connectivity index (χ3n) is 5.67. The molecule has 0 saturated carbocycles. The molecule has 0 unspecified atom stereocenters. The molecule has 0 aliphatic carbocycles. The highest BCUT2D eigenvalue weighted by Gasteiger charge is 2.27. The second-order valence-electron chi connectivity index (χ2n) is 8.07. The summed E-state index contributed by atoms with van der Waals surface area (Å²) in [5.41, 5.74) is 2.30. The highest BCUT2D eigenvalue weighted by atomic mass is 32.2. The summed E-state index contributed by atoms with van der Waals surface area (Å²) >= 11 is 7.45. The van der Waals surface area contributed by atoms with Crippen molar-refractivity contribution in [2.45, 2.75) is 77.2 Å². The summed E-state index contributed by atoms with van der Waals surface area (Å²) in [6.45, 7) is 2.28. The Hall–Kier alpha value is -1.52. The lowest BCUT2D eigenvalue weighted by Crippen LogP contribution is -2.28. The average Bonchev–Trinajstić information content (AvgIpc) is 2.77. The number of nitrogens with one attached hydrogen (secondary N) is 1. The topological polar surface area (TPSA) is 21.3 Å². The minimum Gasteiger partial charge on any atom is -0.457 e. The van der Waals surface area contributed by atoms with Crippen LogP contribution in [0.1, 0.15) is 88.3 Å². The van der Waals surface area contributed by atoms with Crippen molar-refractivity contribution in [3.63, 3.8) is 0 Å². The maximum atomic E-state index is 6.07. The standard InChI is InChI=1S/C26H35NOS2/c1-2-3-4-5-6-7-8-9-10-15-20-30-26(29)27-25-21-16-11-13-18-23(21)28-24-19-14-12-17-22(24)25/h11-14,16-19,25H,2-10,15,20H2,1H3,(H,27,29). The van der Waals surface area contributed by atoms with Crippen molar-refractivity contribution in [2.24, 2.45) is 0 Å². The van der Waals surface area contributed by atoms with Gasteiger partial charge in [0.15, 0.2) is 0 Å².